The predicted octanol–water partition coefficient (Wildman–Crippen LogP) is 2.11. The van der Waals surface area contributed by atoms with Gasteiger partial charge in [0.15, 0.2) is 0 Å². The van der Waals surface area contributed by atoms with Crippen LogP contribution in [-0.2, 0) is 6.54 Å². The van der Waals surface area contributed by atoms with Crippen LogP contribution in [0.1, 0.15) is 16.8 Å². The van der Waals surface area contributed by atoms with Crippen LogP contribution in [0.15, 0.2) is 24.4 Å². The van der Waals surface area contributed by atoms with Gasteiger partial charge in [0.1, 0.15) is 17.3 Å². The summed E-state index contributed by atoms with van der Waals surface area (Å²) in [5.41, 5.74) is 1.97. The lowest BCUT2D eigenvalue weighted by Gasteiger charge is -2.07. The van der Waals surface area contributed by atoms with Crippen molar-refractivity contribution in [3.05, 3.63) is 51.3 Å². The Balaban J connectivity index is 2.28. The Morgan fingerprint density at radius 2 is 2.37 bits per heavy atom. The fourth-order valence-electron chi connectivity index (χ4n) is 1.72. The number of para-hydroxylation sites is 1. The first kappa shape index (κ1) is 12.6. The maximum atomic E-state index is 11.0. The molecule has 0 aliphatic heterocycles. The number of aryl methyl sites for hydroxylation is 1. The van der Waals surface area contributed by atoms with Crippen molar-refractivity contribution in [3.63, 3.8) is 0 Å². The zero-order chi connectivity index (χ0) is 13.8. The van der Waals surface area contributed by atoms with Gasteiger partial charge in [-0.2, -0.15) is 10.4 Å². The topological polar surface area (TPSA) is 108 Å². The number of rotatable bonds is 4. The summed E-state index contributed by atoms with van der Waals surface area (Å²) >= 11 is 0. The van der Waals surface area contributed by atoms with Gasteiger partial charge in [-0.25, -0.2) is 0 Å². The maximum absolute atomic E-state index is 11.0. The van der Waals surface area contributed by atoms with E-state index in [-0.39, 0.29) is 11.3 Å². The lowest BCUT2D eigenvalue weighted by Crippen LogP contribution is -2.04. The number of aromatic amines is 1. The quantitative estimate of drug-likeness (QED) is 0.644. The Morgan fingerprint density at radius 3 is 2.95 bits per heavy atom. The van der Waals surface area contributed by atoms with Gasteiger partial charge >= 0.3 is 5.69 Å². The average Bonchev–Trinajstić information content (AvgIpc) is 2.81. The molecule has 0 saturated heterocycles. The van der Waals surface area contributed by atoms with Gasteiger partial charge in [-0.15, -0.1) is 0 Å². The highest BCUT2D eigenvalue weighted by atomic mass is 16.6. The summed E-state index contributed by atoms with van der Waals surface area (Å²) in [4.78, 5) is 10.5. The second-order valence-corrected chi connectivity index (χ2v) is 3.94. The van der Waals surface area contributed by atoms with Crippen LogP contribution in [0.4, 0.5) is 11.4 Å². The molecule has 0 aliphatic carbocycles. The molecule has 0 atom stereocenters. The summed E-state index contributed by atoms with van der Waals surface area (Å²) in [5, 5.41) is 29.5. The van der Waals surface area contributed by atoms with E-state index >= 15 is 0 Å². The zero-order valence-electron chi connectivity index (χ0n) is 10.2. The summed E-state index contributed by atoms with van der Waals surface area (Å²) < 4.78 is 0. The Kier molecular flexibility index (Phi) is 3.43. The highest BCUT2D eigenvalue weighted by Crippen LogP contribution is 2.28. The summed E-state index contributed by atoms with van der Waals surface area (Å²) in [6.45, 7) is 2.27. The Morgan fingerprint density at radius 1 is 1.58 bits per heavy atom. The number of benzene rings is 1. The molecular weight excluding hydrogens is 246 g/mol. The molecule has 7 heteroatoms. The molecule has 7 nitrogen and oxygen atoms in total. The lowest BCUT2D eigenvalue weighted by molar-refractivity contribution is -0.384. The molecule has 2 aromatic rings. The standard InChI is InChI=1S/C12H11N5O2/c1-8-10(7-15-16-8)6-14-11-4-2-3-9(5-13)12(11)17(18)19/h2-4,7,14H,6H2,1H3,(H,15,16). The number of hydrogen-bond donors (Lipinski definition) is 2. The minimum atomic E-state index is -0.552. The lowest BCUT2D eigenvalue weighted by atomic mass is 10.1. The van der Waals surface area contributed by atoms with Gasteiger partial charge in [-0.1, -0.05) is 6.07 Å². The van der Waals surface area contributed by atoms with Crippen molar-refractivity contribution in [2.45, 2.75) is 13.5 Å². The second kappa shape index (κ2) is 5.18. The van der Waals surface area contributed by atoms with Gasteiger partial charge < -0.3 is 5.32 Å². The number of nitrogens with zero attached hydrogens (tertiary/aromatic N) is 3. The predicted molar refractivity (Wildman–Crippen MR) is 68.5 cm³/mol. The molecule has 2 N–H and O–H groups in total. The molecular formula is C12H11N5O2. The fraction of sp³-hybridized carbons (Fsp3) is 0.167. The number of anilines is 1. The van der Waals surface area contributed by atoms with Crippen molar-refractivity contribution < 1.29 is 4.92 Å². The van der Waals surface area contributed by atoms with Crippen molar-refractivity contribution in [1.82, 2.24) is 10.2 Å². The van der Waals surface area contributed by atoms with Crippen molar-refractivity contribution in [2.75, 3.05) is 5.32 Å². The molecule has 0 amide bonds. The first-order valence-electron chi connectivity index (χ1n) is 5.53. The minimum absolute atomic E-state index is 0.0407. The zero-order valence-corrected chi connectivity index (χ0v) is 10.2. The van der Waals surface area contributed by atoms with E-state index in [0.717, 1.165) is 11.3 Å². The van der Waals surface area contributed by atoms with Gasteiger partial charge in [0, 0.05) is 17.8 Å². The number of nitriles is 1. The summed E-state index contributed by atoms with van der Waals surface area (Å²) in [6, 6.07) is 6.43. The molecule has 0 unspecified atom stereocenters. The van der Waals surface area contributed by atoms with E-state index in [9.17, 15) is 10.1 Å². The van der Waals surface area contributed by atoms with Gasteiger partial charge in [0.05, 0.1) is 11.1 Å². The molecule has 0 fully saturated rings. The van der Waals surface area contributed by atoms with Crippen LogP contribution in [0, 0.1) is 28.4 Å². The highest BCUT2D eigenvalue weighted by Gasteiger charge is 2.19. The molecule has 1 heterocycles. The average molecular weight is 257 g/mol. The Labute approximate surface area is 109 Å². The molecule has 0 radical (unpaired) electrons. The van der Waals surface area contributed by atoms with Crippen molar-refractivity contribution in [3.8, 4) is 6.07 Å². The van der Waals surface area contributed by atoms with Gasteiger partial charge in [0.2, 0.25) is 0 Å². The molecule has 96 valence electrons. The third-order valence-corrected chi connectivity index (χ3v) is 2.74. The van der Waals surface area contributed by atoms with Crippen LogP contribution in [0.2, 0.25) is 0 Å². The monoisotopic (exact) mass is 257 g/mol. The normalized spacial score (nSPS) is 9.89. The van der Waals surface area contributed by atoms with Crippen molar-refractivity contribution in [2.24, 2.45) is 0 Å². The molecule has 0 aliphatic rings. The van der Waals surface area contributed by atoms with E-state index in [1.807, 2.05) is 13.0 Å². The molecule has 1 aromatic heterocycles. The summed E-state index contributed by atoms with van der Waals surface area (Å²) in [7, 11) is 0. The molecule has 0 spiro atoms. The molecule has 19 heavy (non-hydrogen) atoms. The van der Waals surface area contributed by atoms with E-state index in [4.69, 9.17) is 5.26 Å². The Bertz CT molecular complexity index is 656. The SMILES string of the molecule is Cc1[nH]ncc1CNc1cccc(C#N)c1[N+](=O)[O-]. The molecule has 2 rings (SSSR count). The van der Waals surface area contributed by atoms with Crippen molar-refractivity contribution >= 4 is 11.4 Å². The number of nitro groups is 1. The van der Waals surface area contributed by atoms with E-state index in [0.29, 0.717) is 12.2 Å². The minimum Gasteiger partial charge on any atom is -0.375 e. The smallest absolute Gasteiger partial charge is 0.309 e. The second-order valence-electron chi connectivity index (χ2n) is 3.94. The summed E-state index contributed by atoms with van der Waals surface area (Å²) in [6.07, 6.45) is 1.66. The first-order valence-corrected chi connectivity index (χ1v) is 5.53. The van der Waals surface area contributed by atoms with E-state index in [2.05, 4.69) is 15.5 Å². The largest absolute Gasteiger partial charge is 0.375 e. The molecule has 0 bridgehead atoms. The van der Waals surface area contributed by atoms with Crippen LogP contribution in [0.3, 0.4) is 0 Å². The van der Waals surface area contributed by atoms with Crippen LogP contribution < -0.4 is 5.32 Å². The molecule has 0 saturated carbocycles. The number of aromatic nitrogens is 2. The van der Waals surface area contributed by atoms with Crippen LogP contribution in [0.25, 0.3) is 0 Å². The third-order valence-electron chi connectivity index (χ3n) is 2.74. The van der Waals surface area contributed by atoms with Gasteiger partial charge in [-0.3, -0.25) is 15.2 Å². The Hall–Kier alpha value is -2.88. The number of nitrogens with one attached hydrogen (secondary N) is 2. The van der Waals surface area contributed by atoms with Gasteiger partial charge in [-0.05, 0) is 19.1 Å². The number of nitro benzene ring substituents is 1. The van der Waals surface area contributed by atoms with E-state index in [1.54, 1.807) is 18.3 Å². The fourth-order valence-corrected chi connectivity index (χ4v) is 1.72. The first-order chi connectivity index (χ1) is 9.13. The maximum Gasteiger partial charge on any atom is 0.309 e. The van der Waals surface area contributed by atoms with Crippen LogP contribution in [0.5, 0.6) is 0 Å². The van der Waals surface area contributed by atoms with Crippen LogP contribution >= 0.6 is 0 Å². The van der Waals surface area contributed by atoms with E-state index in [1.165, 1.54) is 6.07 Å². The van der Waals surface area contributed by atoms with E-state index < -0.39 is 4.92 Å². The van der Waals surface area contributed by atoms with Gasteiger partial charge in [0.25, 0.3) is 0 Å². The third kappa shape index (κ3) is 2.52. The number of H-pyrrole nitrogens is 1. The number of hydrogen-bond acceptors (Lipinski definition) is 5. The van der Waals surface area contributed by atoms with Crippen LogP contribution in [-0.4, -0.2) is 15.1 Å². The highest BCUT2D eigenvalue weighted by molar-refractivity contribution is 5.68. The summed E-state index contributed by atoms with van der Waals surface area (Å²) in [5.74, 6) is 0. The van der Waals surface area contributed by atoms with Crippen molar-refractivity contribution in [1.29, 1.82) is 5.26 Å². The molecule has 1 aromatic carbocycles.